The summed E-state index contributed by atoms with van der Waals surface area (Å²) in [6.45, 7) is 2.60. The fourth-order valence-corrected chi connectivity index (χ4v) is 2.09. The molecule has 2 rings (SSSR count). The maximum Gasteiger partial charge on any atom is 0.125 e. The molecular weight excluding hydrogens is 264 g/mol. The van der Waals surface area contributed by atoms with Crippen LogP contribution in [0.4, 0.5) is 0 Å². The molecule has 0 aliphatic rings. The van der Waals surface area contributed by atoms with Gasteiger partial charge in [0, 0.05) is 20.0 Å². The largest absolute Gasteiger partial charge is 0.486 e. The van der Waals surface area contributed by atoms with E-state index in [1.807, 2.05) is 61.5 Å². The van der Waals surface area contributed by atoms with Crippen molar-refractivity contribution in [2.24, 2.45) is 5.29 Å². The summed E-state index contributed by atoms with van der Waals surface area (Å²) in [6, 6.07) is 18.0. The molecule has 0 aliphatic carbocycles. The third-order valence-corrected chi connectivity index (χ3v) is 3.32. The Morgan fingerprint density at radius 1 is 1.10 bits per heavy atom. The molecule has 0 aliphatic heterocycles. The van der Waals surface area contributed by atoms with Crippen LogP contribution in [0.1, 0.15) is 23.7 Å². The second kappa shape index (κ2) is 7.43. The number of hydrogen-bond donors (Lipinski definition) is 0. The summed E-state index contributed by atoms with van der Waals surface area (Å²) in [6.07, 6.45) is 0.596. The first-order valence-corrected chi connectivity index (χ1v) is 7.01. The van der Waals surface area contributed by atoms with Crippen LogP contribution in [0, 0.1) is 11.8 Å². The van der Waals surface area contributed by atoms with Crippen LogP contribution in [-0.2, 0) is 0 Å². The summed E-state index contributed by atoms with van der Waals surface area (Å²) >= 11 is 0. The van der Waals surface area contributed by atoms with Gasteiger partial charge in [-0.3, -0.25) is 5.01 Å². The van der Waals surface area contributed by atoms with E-state index in [1.54, 1.807) is 7.05 Å². The summed E-state index contributed by atoms with van der Waals surface area (Å²) in [5.41, 5.74) is 2.29. The van der Waals surface area contributed by atoms with E-state index in [2.05, 4.69) is 5.29 Å². The Hall–Kier alpha value is -2.36. The van der Waals surface area contributed by atoms with Crippen molar-refractivity contribution in [1.29, 1.82) is 0 Å². The predicted octanol–water partition coefficient (Wildman–Crippen LogP) is 4.12. The Balaban J connectivity index is 2.11. The average molecular weight is 284 g/mol. The van der Waals surface area contributed by atoms with Gasteiger partial charge in [0.25, 0.3) is 0 Å². The molecule has 0 amide bonds. The van der Waals surface area contributed by atoms with Crippen molar-refractivity contribution < 1.29 is 4.74 Å². The van der Waals surface area contributed by atoms with Gasteiger partial charge in [-0.25, -0.2) is 0 Å². The van der Waals surface area contributed by atoms with Gasteiger partial charge in [0.05, 0.1) is 5.29 Å². The van der Waals surface area contributed by atoms with Gasteiger partial charge in [0.15, 0.2) is 0 Å². The molecule has 2 aromatic carbocycles. The number of benzene rings is 2. The zero-order chi connectivity index (χ0) is 15.1. The zero-order valence-corrected chi connectivity index (χ0v) is 12.4. The van der Waals surface area contributed by atoms with E-state index in [0.29, 0.717) is 13.0 Å². The van der Waals surface area contributed by atoms with Gasteiger partial charge >= 0.3 is 0 Å². The van der Waals surface area contributed by atoms with Crippen LogP contribution < -0.4 is 4.74 Å². The SMILES string of the molecule is Cc1ccc(O[C@H](CCN(C)N=O)c2ccccc2)cc1. The third-order valence-electron chi connectivity index (χ3n) is 3.32. The lowest BCUT2D eigenvalue weighted by atomic mass is 10.1. The van der Waals surface area contributed by atoms with E-state index in [4.69, 9.17) is 4.74 Å². The van der Waals surface area contributed by atoms with Crippen molar-refractivity contribution in [2.45, 2.75) is 19.4 Å². The predicted molar refractivity (Wildman–Crippen MR) is 84.0 cm³/mol. The number of nitroso groups, excluding NO2 is 1. The van der Waals surface area contributed by atoms with Crippen LogP contribution in [0.25, 0.3) is 0 Å². The van der Waals surface area contributed by atoms with Crippen LogP contribution in [0.5, 0.6) is 5.75 Å². The van der Waals surface area contributed by atoms with Gasteiger partial charge in [-0.1, -0.05) is 48.0 Å². The second-order valence-electron chi connectivity index (χ2n) is 5.08. The van der Waals surface area contributed by atoms with Crippen molar-refractivity contribution in [3.63, 3.8) is 0 Å². The normalized spacial score (nSPS) is 11.7. The molecule has 0 heterocycles. The minimum absolute atomic E-state index is 0.0990. The fraction of sp³-hybridized carbons (Fsp3) is 0.294. The standard InChI is InChI=1S/C17H20N2O2/c1-14-8-10-16(11-9-14)21-17(12-13-19(2)18-20)15-6-4-3-5-7-15/h3-11,17H,12-13H2,1-2H3/t17-/m1/s1. The third kappa shape index (κ3) is 4.60. The molecule has 0 unspecified atom stereocenters. The Bertz CT molecular complexity index is 555. The number of ether oxygens (including phenoxy) is 1. The van der Waals surface area contributed by atoms with Gasteiger partial charge in [0.1, 0.15) is 11.9 Å². The summed E-state index contributed by atoms with van der Waals surface area (Å²) in [4.78, 5) is 10.5. The first-order valence-electron chi connectivity index (χ1n) is 7.01. The molecule has 0 fully saturated rings. The van der Waals surface area contributed by atoms with Crippen molar-refractivity contribution in [2.75, 3.05) is 13.6 Å². The molecule has 0 aromatic heterocycles. The molecular formula is C17H20N2O2. The molecule has 0 N–H and O–H groups in total. The Morgan fingerprint density at radius 2 is 1.76 bits per heavy atom. The molecule has 0 spiro atoms. The topological polar surface area (TPSA) is 41.9 Å². The van der Waals surface area contributed by atoms with Crippen LogP contribution in [-0.4, -0.2) is 18.6 Å². The maximum absolute atomic E-state index is 10.5. The Labute approximate surface area is 125 Å². The van der Waals surface area contributed by atoms with E-state index >= 15 is 0 Å². The zero-order valence-electron chi connectivity index (χ0n) is 12.4. The number of nitrogens with zero attached hydrogens (tertiary/aromatic N) is 2. The molecule has 1 atom stereocenters. The quantitative estimate of drug-likeness (QED) is 0.567. The van der Waals surface area contributed by atoms with Crippen LogP contribution >= 0.6 is 0 Å². The molecule has 0 saturated heterocycles. The van der Waals surface area contributed by atoms with Gasteiger partial charge in [-0.05, 0) is 24.6 Å². The van der Waals surface area contributed by atoms with E-state index in [1.165, 1.54) is 10.6 Å². The van der Waals surface area contributed by atoms with Gasteiger partial charge < -0.3 is 4.74 Å². The monoisotopic (exact) mass is 284 g/mol. The van der Waals surface area contributed by atoms with E-state index in [-0.39, 0.29) is 6.10 Å². The molecule has 0 saturated carbocycles. The van der Waals surface area contributed by atoms with Crippen LogP contribution in [0.2, 0.25) is 0 Å². The fourth-order valence-electron chi connectivity index (χ4n) is 2.09. The first kappa shape index (κ1) is 15.0. The Kier molecular flexibility index (Phi) is 5.32. The smallest absolute Gasteiger partial charge is 0.125 e. The van der Waals surface area contributed by atoms with Gasteiger partial charge in [-0.2, -0.15) is 0 Å². The number of rotatable bonds is 7. The number of hydrogen-bond acceptors (Lipinski definition) is 3. The number of aryl methyl sites for hydroxylation is 1. The summed E-state index contributed by atoms with van der Waals surface area (Å²) in [5, 5.41) is 4.28. The molecule has 21 heavy (non-hydrogen) atoms. The molecule has 0 radical (unpaired) electrons. The van der Waals surface area contributed by atoms with Crippen molar-refractivity contribution >= 4 is 0 Å². The summed E-state index contributed by atoms with van der Waals surface area (Å²) in [7, 11) is 1.67. The summed E-state index contributed by atoms with van der Waals surface area (Å²) < 4.78 is 6.08. The van der Waals surface area contributed by atoms with Crippen molar-refractivity contribution in [1.82, 2.24) is 5.01 Å². The van der Waals surface area contributed by atoms with Crippen molar-refractivity contribution in [3.05, 3.63) is 70.6 Å². The van der Waals surface area contributed by atoms with Crippen LogP contribution in [0.3, 0.4) is 0 Å². The van der Waals surface area contributed by atoms with E-state index < -0.39 is 0 Å². The maximum atomic E-state index is 10.5. The minimum Gasteiger partial charge on any atom is -0.486 e. The second-order valence-corrected chi connectivity index (χ2v) is 5.08. The van der Waals surface area contributed by atoms with E-state index in [0.717, 1.165) is 11.3 Å². The molecule has 110 valence electrons. The molecule has 2 aromatic rings. The highest BCUT2D eigenvalue weighted by molar-refractivity contribution is 5.28. The molecule has 4 nitrogen and oxygen atoms in total. The highest BCUT2D eigenvalue weighted by atomic mass is 16.5. The van der Waals surface area contributed by atoms with Crippen LogP contribution in [0.15, 0.2) is 59.9 Å². The highest BCUT2D eigenvalue weighted by Gasteiger charge is 2.14. The first-order chi connectivity index (χ1) is 10.2. The lowest BCUT2D eigenvalue weighted by molar-refractivity contribution is 0.174. The Morgan fingerprint density at radius 3 is 2.38 bits per heavy atom. The van der Waals surface area contributed by atoms with E-state index in [9.17, 15) is 4.91 Å². The van der Waals surface area contributed by atoms with Crippen molar-refractivity contribution in [3.8, 4) is 5.75 Å². The van der Waals surface area contributed by atoms with Gasteiger partial charge in [-0.15, -0.1) is 4.91 Å². The highest BCUT2D eigenvalue weighted by Crippen LogP contribution is 2.25. The lowest BCUT2D eigenvalue weighted by Crippen LogP contribution is -2.17. The van der Waals surface area contributed by atoms with Gasteiger partial charge in [0.2, 0.25) is 0 Å². The molecule has 4 heteroatoms. The average Bonchev–Trinajstić information content (AvgIpc) is 2.53. The molecule has 0 bridgehead atoms. The summed E-state index contributed by atoms with van der Waals surface area (Å²) in [5.74, 6) is 0.830. The lowest BCUT2D eigenvalue weighted by Gasteiger charge is -2.21. The minimum atomic E-state index is -0.0990.